The number of nitrogens with one attached hydrogen (secondary N) is 3. The van der Waals surface area contributed by atoms with Crippen LogP contribution in [-0.4, -0.2) is 24.8 Å². The van der Waals surface area contributed by atoms with E-state index in [1.165, 1.54) is 23.1 Å². The molecule has 7 nitrogen and oxygen atoms in total. The molecule has 0 bridgehead atoms. The van der Waals surface area contributed by atoms with Crippen LogP contribution in [0.15, 0.2) is 137 Å². The highest BCUT2D eigenvalue weighted by atomic mass is 32.2. The summed E-state index contributed by atoms with van der Waals surface area (Å²) in [6.45, 7) is 0. The first kappa shape index (κ1) is 30.3. The molecule has 0 aliphatic rings. The third-order valence-electron chi connectivity index (χ3n) is 6.43. The molecule has 9 heteroatoms. The molecule has 0 aliphatic carbocycles. The van der Waals surface area contributed by atoms with E-state index >= 15 is 0 Å². The number of thioether (sulfide) groups is 1. The van der Waals surface area contributed by atoms with Crippen LogP contribution in [0.3, 0.4) is 0 Å². The second kappa shape index (κ2) is 14.9. The third-order valence-corrected chi connectivity index (χ3v) is 8.38. The number of ether oxygens (including phenoxy) is 1. The van der Waals surface area contributed by atoms with Gasteiger partial charge in [0.2, 0.25) is 5.91 Å². The fraction of sp³-hybridized carbons (Fsp3) is 0.0571. The Bertz CT molecular complexity index is 1740. The lowest BCUT2D eigenvalue weighted by Crippen LogP contribution is -2.30. The average molecular weight is 620 g/mol. The summed E-state index contributed by atoms with van der Waals surface area (Å²) in [6, 6.07) is 34.5. The van der Waals surface area contributed by atoms with Gasteiger partial charge in [0.25, 0.3) is 11.8 Å². The molecule has 220 valence electrons. The molecule has 5 aromatic rings. The van der Waals surface area contributed by atoms with Crippen molar-refractivity contribution in [3.8, 4) is 5.75 Å². The van der Waals surface area contributed by atoms with Crippen molar-refractivity contribution in [2.45, 2.75) is 10.1 Å². The van der Waals surface area contributed by atoms with E-state index in [1.807, 2.05) is 65.4 Å². The summed E-state index contributed by atoms with van der Waals surface area (Å²) < 4.78 is 5.22. The van der Waals surface area contributed by atoms with Crippen LogP contribution in [0.25, 0.3) is 6.08 Å². The van der Waals surface area contributed by atoms with E-state index in [0.717, 1.165) is 16.0 Å². The lowest BCUT2D eigenvalue weighted by Gasteiger charge is -2.18. The van der Waals surface area contributed by atoms with Gasteiger partial charge in [0.15, 0.2) is 0 Å². The Labute approximate surface area is 264 Å². The summed E-state index contributed by atoms with van der Waals surface area (Å²) in [5.74, 6) is -0.353. The number of thiophene rings is 1. The summed E-state index contributed by atoms with van der Waals surface area (Å²) in [5, 5.41) is 11.9. The first-order valence-electron chi connectivity index (χ1n) is 13.7. The Morgan fingerprint density at radius 2 is 1.52 bits per heavy atom. The maximum atomic E-state index is 13.5. The minimum Gasteiger partial charge on any atom is -0.497 e. The molecule has 1 heterocycles. The topological polar surface area (TPSA) is 96.5 Å². The molecule has 4 aromatic carbocycles. The van der Waals surface area contributed by atoms with Gasteiger partial charge in [0, 0.05) is 21.8 Å². The Morgan fingerprint density at radius 1 is 0.795 bits per heavy atom. The van der Waals surface area contributed by atoms with Crippen molar-refractivity contribution in [3.05, 3.63) is 148 Å². The van der Waals surface area contributed by atoms with E-state index in [2.05, 4.69) is 16.0 Å². The van der Waals surface area contributed by atoms with Crippen molar-refractivity contribution in [1.29, 1.82) is 0 Å². The smallest absolute Gasteiger partial charge is 0.272 e. The fourth-order valence-electron chi connectivity index (χ4n) is 4.23. The molecule has 0 saturated heterocycles. The van der Waals surface area contributed by atoms with E-state index < -0.39 is 11.2 Å². The summed E-state index contributed by atoms with van der Waals surface area (Å²) in [7, 11) is 1.59. The first-order valence-corrected chi connectivity index (χ1v) is 15.5. The van der Waals surface area contributed by atoms with Crippen LogP contribution >= 0.6 is 23.1 Å². The Morgan fingerprint density at radius 3 is 2.20 bits per heavy atom. The lowest BCUT2D eigenvalue weighted by molar-refractivity contribution is -0.116. The predicted octanol–water partition coefficient (Wildman–Crippen LogP) is 7.64. The normalized spacial score (nSPS) is 11.7. The number of anilines is 2. The molecule has 5 rings (SSSR count). The van der Waals surface area contributed by atoms with E-state index in [-0.39, 0.29) is 17.5 Å². The van der Waals surface area contributed by atoms with Crippen molar-refractivity contribution in [3.63, 3.8) is 0 Å². The highest BCUT2D eigenvalue weighted by Gasteiger charge is 2.23. The van der Waals surface area contributed by atoms with Crippen LogP contribution in [-0.2, 0) is 9.59 Å². The molecule has 0 aliphatic heterocycles. The third kappa shape index (κ3) is 8.25. The quantitative estimate of drug-likeness (QED) is 0.104. The SMILES string of the molecule is COc1ccc(NC(=O)C(Sc2cccc(NC(=O)/C(=C/c3ccsc3)NC(=O)c3ccccc3)c2)c2ccccc2)cc1. The lowest BCUT2D eigenvalue weighted by atomic mass is 10.1. The number of benzene rings is 4. The van der Waals surface area contributed by atoms with Gasteiger partial charge in [0.1, 0.15) is 16.7 Å². The predicted molar refractivity (Wildman–Crippen MR) is 178 cm³/mol. The van der Waals surface area contributed by atoms with Gasteiger partial charge in [-0.2, -0.15) is 11.3 Å². The van der Waals surface area contributed by atoms with Crippen molar-refractivity contribution >= 4 is 58.3 Å². The zero-order valence-corrected chi connectivity index (χ0v) is 25.4. The highest BCUT2D eigenvalue weighted by molar-refractivity contribution is 8.00. The fourth-order valence-corrected chi connectivity index (χ4v) is 5.93. The van der Waals surface area contributed by atoms with E-state index in [0.29, 0.717) is 22.7 Å². The number of carbonyl (C=O) groups is 3. The van der Waals surface area contributed by atoms with Gasteiger partial charge >= 0.3 is 0 Å². The highest BCUT2D eigenvalue weighted by Crippen LogP contribution is 2.37. The van der Waals surface area contributed by atoms with Gasteiger partial charge in [-0.25, -0.2) is 0 Å². The molecular formula is C35H29N3O4S2. The Balaban J connectivity index is 1.34. The van der Waals surface area contributed by atoms with Crippen LogP contribution in [0.5, 0.6) is 5.75 Å². The molecule has 0 spiro atoms. The maximum Gasteiger partial charge on any atom is 0.272 e. The summed E-state index contributed by atoms with van der Waals surface area (Å²) >= 11 is 2.86. The molecule has 1 atom stereocenters. The number of methoxy groups -OCH3 is 1. The molecule has 1 unspecified atom stereocenters. The molecule has 3 N–H and O–H groups in total. The maximum absolute atomic E-state index is 13.5. The van der Waals surface area contributed by atoms with Gasteiger partial charge in [-0.15, -0.1) is 11.8 Å². The number of carbonyl (C=O) groups excluding carboxylic acids is 3. The van der Waals surface area contributed by atoms with Gasteiger partial charge in [-0.1, -0.05) is 54.6 Å². The second-order valence-corrected chi connectivity index (χ2v) is 11.5. The van der Waals surface area contributed by atoms with Crippen molar-refractivity contribution in [1.82, 2.24) is 5.32 Å². The minimum absolute atomic E-state index is 0.108. The summed E-state index contributed by atoms with van der Waals surface area (Å²) in [4.78, 5) is 40.6. The Hall–Kier alpha value is -5.12. The van der Waals surface area contributed by atoms with E-state index in [4.69, 9.17) is 4.74 Å². The zero-order chi connectivity index (χ0) is 30.7. The molecule has 44 heavy (non-hydrogen) atoms. The Kier molecular flexibility index (Phi) is 10.2. The monoisotopic (exact) mass is 619 g/mol. The summed E-state index contributed by atoms with van der Waals surface area (Å²) in [6.07, 6.45) is 1.64. The van der Waals surface area contributed by atoms with E-state index in [1.54, 1.807) is 73.8 Å². The van der Waals surface area contributed by atoms with Crippen LogP contribution in [0.1, 0.15) is 26.7 Å². The standard InChI is InChI=1S/C35H29N3O4S2/c1-42-29-17-15-27(16-18-29)36-35(41)32(25-9-4-2-5-10-25)44-30-14-8-13-28(22-30)37-34(40)31(21-24-19-20-43-23-24)38-33(39)26-11-6-3-7-12-26/h2-23,32H,1H3,(H,36,41)(H,37,40)(H,38,39)/b31-21-. The van der Waals surface area contributed by atoms with Gasteiger partial charge in [-0.05, 0) is 88.6 Å². The minimum atomic E-state index is -0.566. The second-order valence-electron chi connectivity index (χ2n) is 9.54. The molecule has 0 fully saturated rings. The van der Waals surface area contributed by atoms with Crippen molar-refractivity contribution in [2.75, 3.05) is 17.7 Å². The van der Waals surface area contributed by atoms with Gasteiger partial charge in [-0.3, -0.25) is 14.4 Å². The molecule has 3 amide bonds. The molecule has 1 aromatic heterocycles. The molecular weight excluding hydrogens is 591 g/mol. The van der Waals surface area contributed by atoms with Crippen molar-refractivity contribution in [2.24, 2.45) is 0 Å². The number of hydrogen-bond donors (Lipinski definition) is 3. The van der Waals surface area contributed by atoms with Crippen LogP contribution in [0, 0.1) is 0 Å². The average Bonchev–Trinajstić information content (AvgIpc) is 3.58. The van der Waals surface area contributed by atoms with Crippen LogP contribution in [0.2, 0.25) is 0 Å². The number of amides is 3. The number of rotatable bonds is 11. The zero-order valence-electron chi connectivity index (χ0n) is 23.7. The molecule has 0 radical (unpaired) electrons. The largest absolute Gasteiger partial charge is 0.497 e. The summed E-state index contributed by atoms with van der Waals surface area (Å²) in [5.41, 5.74) is 3.36. The van der Waals surface area contributed by atoms with E-state index in [9.17, 15) is 14.4 Å². The van der Waals surface area contributed by atoms with Gasteiger partial charge in [0.05, 0.1) is 7.11 Å². The number of hydrogen-bond acceptors (Lipinski definition) is 6. The molecule has 0 saturated carbocycles. The van der Waals surface area contributed by atoms with Crippen molar-refractivity contribution < 1.29 is 19.1 Å². The first-order chi connectivity index (χ1) is 21.5. The van der Waals surface area contributed by atoms with Gasteiger partial charge < -0.3 is 20.7 Å². The van der Waals surface area contributed by atoms with Crippen LogP contribution < -0.4 is 20.7 Å². The van der Waals surface area contributed by atoms with Crippen LogP contribution in [0.4, 0.5) is 11.4 Å².